The van der Waals surface area contributed by atoms with Crippen molar-refractivity contribution >= 4 is 5.78 Å². The molecule has 0 aliphatic carbocycles. The Balaban J connectivity index is 3.82. The Hall–Kier alpha value is -0.590. The molecule has 0 spiro atoms. The minimum Gasteiger partial charge on any atom is -0.295 e. The number of ketones is 1. The van der Waals surface area contributed by atoms with E-state index in [4.69, 9.17) is 0 Å². The Morgan fingerprint density at radius 2 is 1.86 bits per heavy atom. The summed E-state index contributed by atoms with van der Waals surface area (Å²) in [6, 6.07) is 0. The average molecular weight is 97.1 g/mol. The van der Waals surface area contributed by atoms with Gasteiger partial charge in [-0.05, 0) is 32.4 Å². The lowest BCUT2D eigenvalue weighted by Crippen LogP contribution is -1.89. The van der Waals surface area contributed by atoms with Gasteiger partial charge in [0.2, 0.25) is 0 Å². The van der Waals surface area contributed by atoms with E-state index in [0.29, 0.717) is 5.57 Å². The molecule has 0 N–H and O–H groups in total. The van der Waals surface area contributed by atoms with Gasteiger partial charge in [0, 0.05) is 0 Å². The number of carbonyl (C=O) groups excluding carboxylic acids is 1. The Morgan fingerprint density at radius 1 is 1.43 bits per heavy atom. The molecule has 7 heavy (non-hydrogen) atoms. The molecule has 0 rings (SSSR count). The summed E-state index contributed by atoms with van der Waals surface area (Å²) in [5.74, 6) is 0.0995. The van der Waals surface area contributed by atoms with Crippen LogP contribution in [0.2, 0.25) is 0 Å². The molecule has 0 amide bonds. The fourth-order valence-electron chi connectivity index (χ4n) is 0.176. The highest BCUT2D eigenvalue weighted by molar-refractivity contribution is 5.91. The SMILES string of the molecule is C/[C]=C(\C)C(C)=O. The van der Waals surface area contributed by atoms with E-state index in [9.17, 15) is 4.79 Å². The third-order valence-electron chi connectivity index (χ3n) is 0.903. The van der Waals surface area contributed by atoms with Gasteiger partial charge in [-0.2, -0.15) is 0 Å². The standard InChI is InChI=1S/C6H9O/c1-4-5(2)6(3)7/h1-3H3. The van der Waals surface area contributed by atoms with E-state index in [-0.39, 0.29) is 5.78 Å². The van der Waals surface area contributed by atoms with Crippen molar-refractivity contribution < 1.29 is 4.79 Å². The molecule has 0 bridgehead atoms. The minimum atomic E-state index is 0.0995. The molecule has 0 atom stereocenters. The molecule has 1 nitrogen and oxygen atoms in total. The predicted molar refractivity (Wildman–Crippen MR) is 28.8 cm³/mol. The first-order chi connectivity index (χ1) is 3.18. The lowest BCUT2D eigenvalue weighted by Gasteiger charge is -1.84. The largest absolute Gasteiger partial charge is 0.295 e. The van der Waals surface area contributed by atoms with Crippen LogP contribution in [0.4, 0.5) is 0 Å². The van der Waals surface area contributed by atoms with E-state index < -0.39 is 0 Å². The van der Waals surface area contributed by atoms with Gasteiger partial charge in [-0.15, -0.1) is 0 Å². The summed E-state index contributed by atoms with van der Waals surface area (Å²) in [5, 5.41) is 0. The highest BCUT2D eigenvalue weighted by atomic mass is 16.1. The number of allylic oxidation sites excluding steroid dienone is 2. The van der Waals surface area contributed by atoms with Gasteiger partial charge in [-0.25, -0.2) is 0 Å². The van der Waals surface area contributed by atoms with Crippen LogP contribution in [0.25, 0.3) is 0 Å². The first-order valence-electron chi connectivity index (χ1n) is 2.20. The molecule has 39 valence electrons. The third kappa shape index (κ3) is 2.15. The maximum atomic E-state index is 10.3. The predicted octanol–water partition coefficient (Wildman–Crippen LogP) is 1.34. The second kappa shape index (κ2) is 2.56. The van der Waals surface area contributed by atoms with Gasteiger partial charge >= 0.3 is 0 Å². The van der Waals surface area contributed by atoms with Crippen LogP contribution < -0.4 is 0 Å². The fourth-order valence-corrected chi connectivity index (χ4v) is 0.176. The molecule has 0 saturated carbocycles. The van der Waals surface area contributed by atoms with Crippen molar-refractivity contribution in [2.45, 2.75) is 20.8 Å². The van der Waals surface area contributed by atoms with E-state index in [0.717, 1.165) is 0 Å². The topological polar surface area (TPSA) is 17.1 Å². The maximum absolute atomic E-state index is 10.3. The molecule has 1 radical (unpaired) electrons. The van der Waals surface area contributed by atoms with Crippen LogP contribution in [0.3, 0.4) is 0 Å². The molecule has 0 aromatic rings. The van der Waals surface area contributed by atoms with Crippen molar-refractivity contribution in [3.8, 4) is 0 Å². The Bertz CT molecular complexity index is 101. The lowest BCUT2D eigenvalue weighted by molar-refractivity contribution is -0.113. The summed E-state index contributed by atoms with van der Waals surface area (Å²) in [6.45, 7) is 5.02. The second-order valence-electron chi connectivity index (χ2n) is 1.43. The highest BCUT2D eigenvalue weighted by Crippen LogP contribution is 1.89. The molecular formula is C6H9O. The van der Waals surface area contributed by atoms with Crippen LogP contribution in [0, 0.1) is 6.08 Å². The molecule has 0 fully saturated rings. The summed E-state index contributed by atoms with van der Waals surface area (Å²) in [7, 11) is 0. The monoisotopic (exact) mass is 97.1 g/mol. The second-order valence-corrected chi connectivity index (χ2v) is 1.43. The molecule has 0 aliphatic heterocycles. The number of Topliss-reactive ketones (excluding diaryl/α,β-unsaturated/α-hetero) is 1. The third-order valence-corrected chi connectivity index (χ3v) is 0.903. The quantitative estimate of drug-likeness (QED) is 0.451. The summed E-state index contributed by atoms with van der Waals surface area (Å²) in [6.07, 6.45) is 2.73. The van der Waals surface area contributed by atoms with Gasteiger partial charge in [-0.3, -0.25) is 4.79 Å². The first kappa shape index (κ1) is 6.41. The van der Waals surface area contributed by atoms with Gasteiger partial charge in [0.1, 0.15) is 0 Å². The molecular weight excluding hydrogens is 88.1 g/mol. The van der Waals surface area contributed by atoms with Crippen LogP contribution >= 0.6 is 0 Å². The molecule has 0 aliphatic rings. The number of rotatable bonds is 1. The Morgan fingerprint density at radius 3 is 1.86 bits per heavy atom. The van der Waals surface area contributed by atoms with Crippen molar-refractivity contribution in [2.75, 3.05) is 0 Å². The van der Waals surface area contributed by atoms with E-state index in [1.165, 1.54) is 6.92 Å². The lowest BCUT2D eigenvalue weighted by atomic mass is 10.2. The van der Waals surface area contributed by atoms with Crippen LogP contribution in [0.5, 0.6) is 0 Å². The van der Waals surface area contributed by atoms with Crippen molar-refractivity contribution in [3.63, 3.8) is 0 Å². The summed E-state index contributed by atoms with van der Waals surface area (Å²) >= 11 is 0. The molecule has 0 aromatic heterocycles. The smallest absolute Gasteiger partial charge is 0.155 e. The maximum Gasteiger partial charge on any atom is 0.155 e. The summed E-state index contributed by atoms with van der Waals surface area (Å²) in [4.78, 5) is 10.3. The normalized spacial score (nSPS) is 11.6. The van der Waals surface area contributed by atoms with Crippen molar-refractivity contribution in [2.24, 2.45) is 0 Å². The van der Waals surface area contributed by atoms with E-state index in [1.807, 2.05) is 0 Å². The Labute approximate surface area is 44.0 Å². The zero-order valence-electron chi connectivity index (χ0n) is 4.91. The van der Waals surface area contributed by atoms with Gasteiger partial charge < -0.3 is 0 Å². The fraction of sp³-hybridized carbons (Fsp3) is 0.500. The van der Waals surface area contributed by atoms with E-state index >= 15 is 0 Å². The van der Waals surface area contributed by atoms with Crippen LogP contribution in [0.1, 0.15) is 20.8 Å². The van der Waals surface area contributed by atoms with Crippen molar-refractivity contribution in [1.82, 2.24) is 0 Å². The van der Waals surface area contributed by atoms with Crippen molar-refractivity contribution in [3.05, 3.63) is 11.6 Å². The van der Waals surface area contributed by atoms with Crippen LogP contribution in [-0.2, 0) is 4.79 Å². The molecule has 0 aromatic carbocycles. The van der Waals surface area contributed by atoms with E-state index in [2.05, 4.69) is 6.08 Å². The van der Waals surface area contributed by atoms with Crippen molar-refractivity contribution in [1.29, 1.82) is 0 Å². The summed E-state index contributed by atoms with van der Waals surface area (Å²) in [5.41, 5.74) is 0.708. The first-order valence-corrected chi connectivity index (χ1v) is 2.20. The number of hydrogen-bond donors (Lipinski definition) is 0. The summed E-state index contributed by atoms with van der Waals surface area (Å²) < 4.78 is 0. The number of hydrogen-bond acceptors (Lipinski definition) is 1. The zero-order chi connectivity index (χ0) is 5.86. The van der Waals surface area contributed by atoms with Gasteiger partial charge in [0.15, 0.2) is 5.78 Å². The number of carbonyl (C=O) groups is 1. The van der Waals surface area contributed by atoms with Crippen LogP contribution in [0.15, 0.2) is 5.57 Å². The zero-order valence-corrected chi connectivity index (χ0v) is 4.91. The Kier molecular flexibility index (Phi) is 2.34. The van der Waals surface area contributed by atoms with Crippen LogP contribution in [-0.4, -0.2) is 5.78 Å². The van der Waals surface area contributed by atoms with Gasteiger partial charge in [0.05, 0.1) is 0 Å². The molecule has 1 heteroatoms. The molecule has 0 heterocycles. The molecule has 0 saturated heterocycles. The van der Waals surface area contributed by atoms with Gasteiger partial charge in [0.25, 0.3) is 0 Å². The minimum absolute atomic E-state index is 0.0995. The average Bonchev–Trinajstić information content (AvgIpc) is 1.65. The van der Waals surface area contributed by atoms with Gasteiger partial charge in [-0.1, -0.05) is 0 Å². The van der Waals surface area contributed by atoms with E-state index in [1.54, 1.807) is 13.8 Å². The highest BCUT2D eigenvalue weighted by Gasteiger charge is 1.89. The molecule has 0 unspecified atom stereocenters.